The molecule has 3 aromatic rings. The molecule has 158 valence electrons. The summed E-state index contributed by atoms with van der Waals surface area (Å²) >= 11 is 13.5. The zero-order valence-electron chi connectivity index (χ0n) is 16.3. The van der Waals surface area contributed by atoms with E-state index in [2.05, 4.69) is 27.0 Å². The van der Waals surface area contributed by atoms with E-state index in [1.807, 2.05) is 0 Å². The minimum atomic E-state index is -0.550. The molecule has 1 aliphatic rings. The van der Waals surface area contributed by atoms with Crippen LogP contribution in [0.15, 0.2) is 41.4 Å². The number of rotatable bonds is 7. The highest BCUT2D eigenvalue weighted by Gasteiger charge is 2.23. The predicted octanol–water partition coefficient (Wildman–Crippen LogP) is 5.41. The molecule has 0 saturated carbocycles. The van der Waals surface area contributed by atoms with Gasteiger partial charge < -0.3 is 19.9 Å². The number of hydrogen-bond acceptors (Lipinski definition) is 4. The van der Waals surface area contributed by atoms with Crippen LogP contribution in [0, 0.1) is 11.7 Å². The molecule has 5 nitrogen and oxygen atoms in total. The molecule has 0 bridgehead atoms. The maximum atomic E-state index is 14.9. The highest BCUT2D eigenvalue weighted by molar-refractivity contribution is 8.00. The first-order valence-electron chi connectivity index (χ1n) is 9.57. The van der Waals surface area contributed by atoms with E-state index in [0.29, 0.717) is 38.5 Å². The maximum Gasteiger partial charge on any atom is 0.254 e. The number of halogens is 3. The van der Waals surface area contributed by atoms with Crippen molar-refractivity contribution in [3.05, 3.63) is 58.0 Å². The molecule has 1 aliphatic heterocycles. The molecule has 30 heavy (non-hydrogen) atoms. The SMILES string of the molecule is CN1CC(CCNC(=O)c2cccc(SNc3ccc(Cl)c4c(Cl)c[nH]c34)c2F)C1. The molecule has 0 aliphatic carbocycles. The van der Waals surface area contributed by atoms with E-state index in [1.165, 1.54) is 6.07 Å². The summed E-state index contributed by atoms with van der Waals surface area (Å²) in [5, 5.41) is 4.58. The molecule has 3 N–H and O–H groups in total. The van der Waals surface area contributed by atoms with Crippen molar-refractivity contribution < 1.29 is 9.18 Å². The second-order valence-corrected chi connectivity index (χ2v) is 9.10. The van der Waals surface area contributed by atoms with Gasteiger partial charge >= 0.3 is 0 Å². The van der Waals surface area contributed by atoms with Crippen molar-refractivity contribution >= 4 is 57.6 Å². The number of aromatic nitrogens is 1. The van der Waals surface area contributed by atoms with Crippen LogP contribution in [0.3, 0.4) is 0 Å². The Morgan fingerprint density at radius 1 is 1.27 bits per heavy atom. The van der Waals surface area contributed by atoms with Crippen LogP contribution in [0.25, 0.3) is 10.9 Å². The zero-order valence-corrected chi connectivity index (χ0v) is 18.6. The van der Waals surface area contributed by atoms with Gasteiger partial charge in [-0.3, -0.25) is 4.79 Å². The van der Waals surface area contributed by atoms with Crippen LogP contribution in [0.4, 0.5) is 10.1 Å². The van der Waals surface area contributed by atoms with E-state index >= 15 is 0 Å². The third-order valence-corrected chi connectivity index (χ3v) is 6.66. The van der Waals surface area contributed by atoms with Gasteiger partial charge in [-0.05, 0) is 55.6 Å². The Kier molecular flexibility index (Phi) is 6.43. The van der Waals surface area contributed by atoms with Crippen molar-refractivity contribution in [2.45, 2.75) is 11.3 Å². The third-order valence-electron chi connectivity index (χ3n) is 5.19. The average Bonchev–Trinajstić information content (AvgIpc) is 3.09. The van der Waals surface area contributed by atoms with Gasteiger partial charge in [0.25, 0.3) is 5.91 Å². The summed E-state index contributed by atoms with van der Waals surface area (Å²) in [5.41, 5.74) is 1.48. The van der Waals surface area contributed by atoms with Gasteiger partial charge in [0.15, 0.2) is 5.82 Å². The first-order chi connectivity index (χ1) is 14.4. The second kappa shape index (κ2) is 9.06. The molecule has 0 unspecified atom stereocenters. The fourth-order valence-corrected chi connectivity index (χ4v) is 4.92. The molecule has 1 amide bonds. The number of H-pyrrole nitrogens is 1. The minimum absolute atomic E-state index is 0.0386. The normalized spacial score (nSPS) is 14.7. The molecule has 1 fully saturated rings. The maximum absolute atomic E-state index is 14.9. The molecule has 0 radical (unpaired) electrons. The quantitative estimate of drug-likeness (QED) is 0.407. The van der Waals surface area contributed by atoms with Gasteiger partial charge in [-0.25, -0.2) is 4.39 Å². The summed E-state index contributed by atoms with van der Waals surface area (Å²) in [6.07, 6.45) is 2.56. The van der Waals surface area contributed by atoms with Gasteiger partial charge in [-0.15, -0.1) is 0 Å². The topological polar surface area (TPSA) is 60.2 Å². The van der Waals surface area contributed by atoms with Crippen LogP contribution in [0.2, 0.25) is 10.0 Å². The molecule has 2 heterocycles. The van der Waals surface area contributed by atoms with Crippen LogP contribution in [-0.2, 0) is 0 Å². The summed E-state index contributed by atoms with van der Waals surface area (Å²) < 4.78 is 18.1. The van der Waals surface area contributed by atoms with Gasteiger partial charge in [0.2, 0.25) is 0 Å². The summed E-state index contributed by atoms with van der Waals surface area (Å²) in [6, 6.07) is 8.31. The number of carbonyl (C=O) groups is 1. The summed E-state index contributed by atoms with van der Waals surface area (Å²) in [4.78, 5) is 18.1. The average molecular weight is 467 g/mol. The highest BCUT2D eigenvalue weighted by atomic mass is 35.5. The van der Waals surface area contributed by atoms with E-state index in [-0.39, 0.29) is 5.56 Å². The van der Waals surface area contributed by atoms with Gasteiger partial charge in [0.1, 0.15) is 0 Å². The molecule has 0 spiro atoms. The monoisotopic (exact) mass is 466 g/mol. The Morgan fingerprint density at radius 2 is 2.07 bits per heavy atom. The van der Waals surface area contributed by atoms with Gasteiger partial charge in [0.05, 0.1) is 31.7 Å². The molecule has 2 aromatic carbocycles. The predicted molar refractivity (Wildman–Crippen MR) is 122 cm³/mol. The van der Waals surface area contributed by atoms with Crippen molar-refractivity contribution in [1.29, 1.82) is 0 Å². The largest absolute Gasteiger partial charge is 0.358 e. The van der Waals surface area contributed by atoms with Crippen LogP contribution >= 0.6 is 35.1 Å². The number of fused-ring (bicyclic) bond motifs is 1. The number of hydrogen-bond donors (Lipinski definition) is 3. The third kappa shape index (κ3) is 4.39. The molecular weight excluding hydrogens is 446 g/mol. The van der Waals surface area contributed by atoms with Crippen molar-refractivity contribution in [2.75, 3.05) is 31.4 Å². The van der Waals surface area contributed by atoms with Crippen LogP contribution in [-0.4, -0.2) is 42.5 Å². The van der Waals surface area contributed by atoms with E-state index in [1.54, 1.807) is 30.5 Å². The molecule has 1 aromatic heterocycles. The smallest absolute Gasteiger partial charge is 0.254 e. The number of carbonyl (C=O) groups excluding carboxylic acids is 1. The van der Waals surface area contributed by atoms with Crippen molar-refractivity contribution in [3.63, 3.8) is 0 Å². The molecular formula is C21H21Cl2FN4OS. The van der Waals surface area contributed by atoms with Crippen LogP contribution in [0.5, 0.6) is 0 Å². The number of benzene rings is 2. The van der Waals surface area contributed by atoms with Gasteiger partial charge in [-0.2, -0.15) is 0 Å². The highest BCUT2D eigenvalue weighted by Crippen LogP contribution is 2.36. The van der Waals surface area contributed by atoms with Crippen molar-refractivity contribution in [2.24, 2.45) is 5.92 Å². The molecule has 9 heteroatoms. The number of nitrogens with zero attached hydrogens (tertiary/aromatic N) is 1. The van der Waals surface area contributed by atoms with Gasteiger partial charge in [-0.1, -0.05) is 29.3 Å². The second-order valence-electron chi connectivity index (χ2n) is 7.44. The van der Waals surface area contributed by atoms with E-state index in [0.717, 1.165) is 37.0 Å². The standard InChI is InChI=1S/C21H21Cl2FN4OS/c1-28-10-12(11-28)7-8-25-21(29)13-3-2-4-17(19(13)24)30-27-16-6-5-14(22)18-15(23)9-26-20(16)18/h2-6,9,12,26-27H,7-8,10-11H2,1H3,(H,25,29). The Labute approximate surface area is 188 Å². The Balaban J connectivity index is 1.42. The van der Waals surface area contributed by atoms with Crippen molar-refractivity contribution in [1.82, 2.24) is 15.2 Å². The number of amides is 1. The lowest BCUT2D eigenvalue weighted by molar-refractivity contribution is 0.0928. The lowest BCUT2D eigenvalue weighted by Gasteiger charge is -2.36. The summed E-state index contributed by atoms with van der Waals surface area (Å²) in [6.45, 7) is 2.64. The zero-order chi connectivity index (χ0) is 21.3. The van der Waals surface area contributed by atoms with Crippen molar-refractivity contribution in [3.8, 4) is 0 Å². The van der Waals surface area contributed by atoms with E-state index in [9.17, 15) is 9.18 Å². The lowest BCUT2D eigenvalue weighted by Crippen LogP contribution is -2.45. The summed E-state index contributed by atoms with van der Waals surface area (Å²) in [7, 11) is 2.07. The molecule has 1 saturated heterocycles. The number of likely N-dealkylation sites (tertiary alicyclic amines) is 1. The Morgan fingerprint density at radius 3 is 2.83 bits per heavy atom. The molecule has 4 rings (SSSR count). The molecule has 0 atom stereocenters. The number of aromatic amines is 1. The lowest BCUT2D eigenvalue weighted by atomic mass is 9.97. The van der Waals surface area contributed by atoms with Crippen LogP contribution in [0.1, 0.15) is 16.8 Å². The minimum Gasteiger partial charge on any atom is -0.358 e. The number of nitrogens with one attached hydrogen (secondary N) is 3. The fourth-order valence-electron chi connectivity index (χ4n) is 3.62. The first kappa shape index (κ1) is 21.3. The Bertz CT molecular complexity index is 1080. The van der Waals surface area contributed by atoms with E-state index < -0.39 is 11.7 Å². The van der Waals surface area contributed by atoms with Gasteiger partial charge in [0, 0.05) is 31.2 Å². The van der Waals surface area contributed by atoms with Crippen LogP contribution < -0.4 is 10.0 Å². The Hall–Kier alpha value is -1.93. The van der Waals surface area contributed by atoms with E-state index in [4.69, 9.17) is 23.2 Å². The fraction of sp³-hybridized carbons (Fsp3) is 0.286. The summed E-state index contributed by atoms with van der Waals surface area (Å²) in [5.74, 6) is -0.345. The number of anilines is 1. The first-order valence-corrected chi connectivity index (χ1v) is 11.1.